The predicted octanol–water partition coefficient (Wildman–Crippen LogP) is 0.600. The fourth-order valence-electron chi connectivity index (χ4n) is 1.79. The van der Waals surface area contributed by atoms with Crippen LogP contribution in [0.3, 0.4) is 0 Å². The second kappa shape index (κ2) is 5.57. The lowest BCUT2D eigenvalue weighted by Gasteiger charge is -2.21. The fourth-order valence-corrected chi connectivity index (χ4v) is 3.96. The van der Waals surface area contributed by atoms with Gasteiger partial charge in [0, 0.05) is 24.0 Å². The average Bonchev–Trinajstić information content (AvgIpc) is 2.79. The van der Waals surface area contributed by atoms with Gasteiger partial charge in [-0.25, -0.2) is 17.5 Å². The lowest BCUT2D eigenvalue weighted by molar-refractivity contribution is 0.0314. The Kier molecular flexibility index (Phi) is 4.35. The summed E-state index contributed by atoms with van der Waals surface area (Å²) in [5.41, 5.74) is 3.89. The highest BCUT2D eigenvalue weighted by atomic mass is 79.9. The molecule has 0 aromatic heterocycles. The summed E-state index contributed by atoms with van der Waals surface area (Å²) in [7, 11) is -3.91. The predicted molar refractivity (Wildman–Crippen MR) is 74.1 cm³/mol. The zero-order valence-corrected chi connectivity index (χ0v) is 12.8. The SMILES string of the molecule is Nc1cc(S(=O)(=O)NCC2(O)CCOC2)c(Br)cc1F. The van der Waals surface area contributed by atoms with Crippen LogP contribution in [0.5, 0.6) is 0 Å². The number of hydrogen-bond donors (Lipinski definition) is 3. The van der Waals surface area contributed by atoms with Gasteiger partial charge >= 0.3 is 0 Å². The van der Waals surface area contributed by atoms with E-state index in [1.807, 2.05) is 0 Å². The molecular formula is C11H14BrFN2O4S. The van der Waals surface area contributed by atoms with Crippen LogP contribution >= 0.6 is 15.9 Å². The fraction of sp³-hybridized carbons (Fsp3) is 0.455. The summed E-state index contributed by atoms with van der Waals surface area (Å²) < 4.78 is 44.9. The Bertz CT molecular complexity index is 617. The number of rotatable bonds is 4. The minimum atomic E-state index is -3.91. The first kappa shape index (κ1) is 15.6. The van der Waals surface area contributed by atoms with E-state index in [0.717, 1.165) is 12.1 Å². The van der Waals surface area contributed by atoms with Crippen molar-refractivity contribution in [1.82, 2.24) is 4.72 Å². The van der Waals surface area contributed by atoms with E-state index in [1.54, 1.807) is 0 Å². The Morgan fingerprint density at radius 3 is 2.85 bits per heavy atom. The van der Waals surface area contributed by atoms with Crippen molar-refractivity contribution in [2.75, 3.05) is 25.5 Å². The number of nitrogens with one attached hydrogen (secondary N) is 1. The summed E-state index contributed by atoms with van der Waals surface area (Å²) >= 11 is 2.98. The van der Waals surface area contributed by atoms with Crippen LogP contribution in [0.1, 0.15) is 6.42 Å². The molecule has 0 bridgehead atoms. The van der Waals surface area contributed by atoms with Crippen molar-refractivity contribution >= 4 is 31.6 Å². The van der Waals surface area contributed by atoms with Crippen LogP contribution < -0.4 is 10.5 Å². The molecule has 112 valence electrons. The van der Waals surface area contributed by atoms with Crippen LogP contribution in [0.4, 0.5) is 10.1 Å². The van der Waals surface area contributed by atoms with E-state index < -0.39 is 21.4 Å². The molecule has 1 saturated heterocycles. The van der Waals surface area contributed by atoms with Crippen molar-refractivity contribution in [3.63, 3.8) is 0 Å². The molecule has 0 radical (unpaired) electrons. The van der Waals surface area contributed by atoms with Gasteiger partial charge in [-0.05, 0) is 28.1 Å². The van der Waals surface area contributed by atoms with E-state index in [-0.39, 0.29) is 28.2 Å². The third kappa shape index (κ3) is 3.29. The third-order valence-electron chi connectivity index (χ3n) is 3.01. The number of sulfonamides is 1. The molecule has 2 rings (SSSR count). The maximum absolute atomic E-state index is 13.2. The smallest absolute Gasteiger partial charge is 0.241 e. The Balaban J connectivity index is 2.20. The normalized spacial score (nSPS) is 23.1. The highest BCUT2D eigenvalue weighted by Gasteiger charge is 2.34. The highest BCUT2D eigenvalue weighted by molar-refractivity contribution is 9.10. The van der Waals surface area contributed by atoms with Crippen LogP contribution in [0.25, 0.3) is 0 Å². The van der Waals surface area contributed by atoms with E-state index in [1.165, 1.54) is 0 Å². The number of aliphatic hydroxyl groups is 1. The first-order valence-corrected chi connectivity index (χ1v) is 8.05. The van der Waals surface area contributed by atoms with Gasteiger partial charge in [0.1, 0.15) is 11.4 Å². The van der Waals surface area contributed by atoms with Crippen molar-refractivity contribution in [2.45, 2.75) is 16.9 Å². The van der Waals surface area contributed by atoms with E-state index in [4.69, 9.17) is 10.5 Å². The van der Waals surface area contributed by atoms with Crippen molar-refractivity contribution < 1.29 is 22.7 Å². The molecule has 0 saturated carbocycles. The Morgan fingerprint density at radius 1 is 1.55 bits per heavy atom. The molecule has 1 fully saturated rings. The van der Waals surface area contributed by atoms with Crippen molar-refractivity contribution in [1.29, 1.82) is 0 Å². The van der Waals surface area contributed by atoms with Gasteiger partial charge in [0.2, 0.25) is 10.0 Å². The van der Waals surface area contributed by atoms with Crippen LogP contribution in [-0.2, 0) is 14.8 Å². The standard InChI is InChI=1S/C11H14BrFN2O4S/c12-7-3-8(13)9(14)4-10(7)20(17,18)15-5-11(16)1-2-19-6-11/h3-4,15-16H,1-2,5-6,14H2. The molecule has 1 aromatic carbocycles. The number of ether oxygens (including phenoxy) is 1. The Morgan fingerprint density at radius 2 is 2.25 bits per heavy atom. The van der Waals surface area contributed by atoms with Crippen LogP contribution in [0.2, 0.25) is 0 Å². The Labute approximate surface area is 124 Å². The van der Waals surface area contributed by atoms with Gasteiger partial charge in [-0.1, -0.05) is 0 Å². The molecule has 1 atom stereocenters. The maximum Gasteiger partial charge on any atom is 0.241 e. The van der Waals surface area contributed by atoms with Gasteiger partial charge in [-0.15, -0.1) is 0 Å². The first-order valence-electron chi connectivity index (χ1n) is 5.78. The Hall–Kier alpha value is -0.740. The van der Waals surface area contributed by atoms with Crippen LogP contribution in [0.15, 0.2) is 21.5 Å². The largest absolute Gasteiger partial charge is 0.396 e. The van der Waals surface area contributed by atoms with Gasteiger partial charge in [-0.3, -0.25) is 0 Å². The van der Waals surface area contributed by atoms with Crippen LogP contribution in [0, 0.1) is 5.82 Å². The van der Waals surface area contributed by atoms with Gasteiger partial charge in [0.05, 0.1) is 17.2 Å². The molecule has 0 aliphatic carbocycles. The molecule has 0 spiro atoms. The lowest BCUT2D eigenvalue weighted by Crippen LogP contribution is -2.43. The van der Waals surface area contributed by atoms with Gasteiger partial charge in [0.25, 0.3) is 0 Å². The maximum atomic E-state index is 13.2. The number of hydrogen-bond acceptors (Lipinski definition) is 5. The zero-order valence-electron chi connectivity index (χ0n) is 10.4. The quantitative estimate of drug-likeness (QED) is 0.675. The summed E-state index contributed by atoms with van der Waals surface area (Å²) in [6.45, 7) is 0.271. The van der Waals surface area contributed by atoms with Gasteiger partial charge < -0.3 is 15.6 Å². The molecule has 1 heterocycles. The number of nitrogens with two attached hydrogens (primary N) is 1. The molecule has 1 aliphatic rings. The summed E-state index contributed by atoms with van der Waals surface area (Å²) in [5, 5.41) is 10.0. The van der Waals surface area contributed by atoms with Crippen molar-refractivity contribution in [3.8, 4) is 0 Å². The van der Waals surface area contributed by atoms with Crippen LogP contribution in [-0.4, -0.2) is 38.9 Å². The van der Waals surface area contributed by atoms with Crippen molar-refractivity contribution in [3.05, 3.63) is 22.4 Å². The molecule has 1 aliphatic heterocycles. The van der Waals surface area contributed by atoms with E-state index in [9.17, 15) is 17.9 Å². The minimum Gasteiger partial charge on any atom is -0.396 e. The summed E-state index contributed by atoms with van der Waals surface area (Å²) in [6, 6.07) is 2.01. The molecule has 4 N–H and O–H groups in total. The number of anilines is 1. The number of halogens is 2. The lowest BCUT2D eigenvalue weighted by atomic mass is 10.1. The number of benzene rings is 1. The topological polar surface area (TPSA) is 102 Å². The summed E-state index contributed by atoms with van der Waals surface area (Å²) in [4.78, 5) is -0.182. The van der Waals surface area contributed by atoms with E-state index >= 15 is 0 Å². The molecule has 1 aromatic rings. The van der Waals surface area contributed by atoms with E-state index in [2.05, 4.69) is 20.7 Å². The molecule has 1 unspecified atom stereocenters. The molecule has 6 nitrogen and oxygen atoms in total. The third-order valence-corrected chi connectivity index (χ3v) is 5.37. The minimum absolute atomic E-state index is 0.0614. The monoisotopic (exact) mass is 368 g/mol. The zero-order chi connectivity index (χ0) is 15.0. The highest BCUT2D eigenvalue weighted by Crippen LogP contribution is 2.27. The second-order valence-electron chi connectivity index (χ2n) is 4.66. The molecular weight excluding hydrogens is 355 g/mol. The average molecular weight is 369 g/mol. The first-order chi connectivity index (χ1) is 9.23. The number of nitrogen functional groups attached to an aromatic ring is 1. The van der Waals surface area contributed by atoms with Crippen molar-refractivity contribution in [2.24, 2.45) is 0 Å². The molecule has 0 amide bonds. The summed E-state index contributed by atoms with van der Waals surface area (Å²) in [5.74, 6) is -0.710. The van der Waals surface area contributed by atoms with Gasteiger partial charge in [-0.2, -0.15) is 0 Å². The summed E-state index contributed by atoms with van der Waals surface area (Å²) in [6.07, 6.45) is 0.349. The van der Waals surface area contributed by atoms with E-state index in [0.29, 0.717) is 13.0 Å². The second-order valence-corrected chi connectivity index (χ2v) is 7.25. The molecule has 9 heteroatoms. The van der Waals surface area contributed by atoms with Gasteiger partial charge in [0.15, 0.2) is 0 Å². The molecule has 20 heavy (non-hydrogen) atoms.